The quantitative estimate of drug-likeness (QED) is 0.336. The summed E-state index contributed by atoms with van der Waals surface area (Å²) in [4.78, 5) is 10.7. The van der Waals surface area contributed by atoms with Crippen molar-refractivity contribution in [2.75, 3.05) is 7.11 Å². The van der Waals surface area contributed by atoms with E-state index in [4.69, 9.17) is 0 Å². The molecule has 0 saturated heterocycles. The van der Waals surface area contributed by atoms with Crippen molar-refractivity contribution < 1.29 is 52.2 Å². The van der Waals surface area contributed by atoms with E-state index in [2.05, 4.69) is 4.74 Å². The fourth-order valence-electron chi connectivity index (χ4n) is 0.895. The Bertz CT molecular complexity index is 396. The number of hydrogen-bond donors (Lipinski definition) is 0. The minimum atomic E-state index is -2.57. The first-order chi connectivity index (χ1) is 6.54. The van der Waals surface area contributed by atoms with Gasteiger partial charge in [-0.2, -0.15) is 0 Å². The zero-order valence-corrected chi connectivity index (χ0v) is 11.0. The second-order valence-electron chi connectivity index (χ2n) is 2.40. The van der Waals surface area contributed by atoms with Gasteiger partial charge in [0.15, 0.2) is 0 Å². The Hall–Kier alpha value is -0.270. The molecule has 1 unspecified atom stereocenters. The Kier molecular flexibility index (Phi) is 6.23. The van der Waals surface area contributed by atoms with Gasteiger partial charge < -0.3 is 9.29 Å². The molecule has 0 N–H and O–H groups in total. The Labute approximate surface area is 110 Å². The molecule has 1 aromatic carbocycles. The number of hydrogen-bond acceptors (Lipinski definition) is 4. The number of ether oxygens (including phenoxy) is 1. The van der Waals surface area contributed by atoms with E-state index in [0.717, 1.165) is 25.3 Å². The van der Waals surface area contributed by atoms with Gasteiger partial charge in [-0.1, -0.05) is 0 Å². The summed E-state index contributed by atoms with van der Waals surface area (Å²) in [6, 6.07) is 2.76. The topological polar surface area (TPSA) is 66.4 Å². The van der Waals surface area contributed by atoms with Crippen molar-refractivity contribution in [1.29, 1.82) is 0 Å². The second kappa shape index (κ2) is 6.34. The molecule has 0 aliphatic heterocycles. The predicted molar refractivity (Wildman–Crippen MR) is 44.9 cm³/mol. The average molecular weight is 240 g/mol. The summed E-state index contributed by atoms with van der Waals surface area (Å²) in [5.74, 6) is -1.58. The van der Waals surface area contributed by atoms with E-state index in [1.807, 2.05) is 0 Å². The second-order valence-corrected chi connectivity index (χ2v) is 3.34. The van der Waals surface area contributed by atoms with Crippen LogP contribution in [0.3, 0.4) is 0 Å². The molecule has 0 aliphatic rings. The summed E-state index contributed by atoms with van der Waals surface area (Å²) >= 11 is -2.57. The Morgan fingerprint density at radius 1 is 1.47 bits per heavy atom. The average Bonchev–Trinajstić information content (AvgIpc) is 2.15. The Balaban J connectivity index is 0.00000196. The molecule has 1 atom stereocenters. The fourth-order valence-corrected chi connectivity index (χ4v) is 1.33. The van der Waals surface area contributed by atoms with E-state index in [1.165, 1.54) is 0 Å². The van der Waals surface area contributed by atoms with Gasteiger partial charge in [0.05, 0.1) is 12.7 Å². The van der Waals surface area contributed by atoms with Gasteiger partial charge in [-0.25, -0.2) is 9.18 Å². The van der Waals surface area contributed by atoms with Crippen LogP contribution in [0.1, 0.15) is 10.4 Å². The Morgan fingerprint density at radius 3 is 2.53 bits per heavy atom. The molecule has 0 heterocycles. The molecule has 0 amide bonds. The smallest absolute Gasteiger partial charge is 0.768 e. The maximum Gasteiger partial charge on any atom is 1.00 e. The number of halogens is 1. The van der Waals surface area contributed by atoms with E-state index in [-0.39, 0.29) is 40.0 Å². The van der Waals surface area contributed by atoms with Crippen molar-refractivity contribution in [2.45, 2.75) is 4.90 Å². The van der Waals surface area contributed by atoms with Crippen molar-refractivity contribution in [2.24, 2.45) is 0 Å². The van der Waals surface area contributed by atoms with Crippen LogP contribution in [0, 0.1) is 5.82 Å². The molecule has 0 fully saturated rings. The molecule has 0 spiro atoms. The maximum atomic E-state index is 12.8. The third-order valence-corrected chi connectivity index (χ3v) is 2.11. The molecule has 0 saturated carbocycles. The van der Waals surface area contributed by atoms with Gasteiger partial charge in [0.25, 0.3) is 0 Å². The van der Waals surface area contributed by atoms with Crippen LogP contribution in [0.25, 0.3) is 0 Å². The summed E-state index contributed by atoms with van der Waals surface area (Å²) in [6.07, 6.45) is 0. The molecular formula is C8H6FNaO4S. The van der Waals surface area contributed by atoms with Crippen molar-refractivity contribution in [1.82, 2.24) is 0 Å². The van der Waals surface area contributed by atoms with Crippen molar-refractivity contribution >= 4 is 17.0 Å². The first kappa shape index (κ1) is 14.7. The van der Waals surface area contributed by atoms with Gasteiger partial charge in [-0.3, -0.25) is 4.21 Å². The molecule has 1 aromatic rings. The number of methoxy groups -OCH3 is 1. The van der Waals surface area contributed by atoms with Crippen LogP contribution < -0.4 is 29.6 Å². The molecule has 0 radical (unpaired) electrons. The van der Waals surface area contributed by atoms with Gasteiger partial charge in [-0.05, 0) is 29.3 Å². The standard InChI is InChI=1S/C8H7FO4S.Na/c1-13-8(10)5-2-6(9)4-7(3-5)14(11)12;/h2-4H,1H3,(H,11,12);/q;+1/p-1. The zero-order chi connectivity index (χ0) is 10.7. The van der Waals surface area contributed by atoms with Gasteiger partial charge in [0, 0.05) is 4.90 Å². The molecule has 4 nitrogen and oxygen atoms in total. The van der Waals surface area contributed by atoms with Gasteiger partial charge in [0.2, 0.25) is 0 Å². The monoisotopic (exact) mass is 240 g/mol. The predicted octanol–water partition coefficient (Wildman–Crippen LogP) is -2.15. The Morgan fingerprint density at radius 2 is 2.07 bits per heavy atom. The maximum absolute atomic E-state index is 12.8. The molecule has 0 aliphatic carbocycles. The van der Waals surface area contributed by atoms with Gasteiger partial charge >= 0.3 is 35.5 Å². The first-order valence-corrected chi connectivity index (χ1v) is 4.60. The third kappa shape index (κ3) is 4.00. The largest absolute Gasteiger partial charge is 1.00 e. The van der Waals surface area contributed by atoms with Crippen molar-refractivity contribution in [3.63, 3.8) is 0 Å². The van der Waals surface area contributed by atoms with Crippen molar-refractivity contribution in [3.05, 3.63) is 29.6 Å². The van der Waals surface area contributed by atoms with Gasteiger partial charge in [0.1, 0.15) is 5.82 Å². The number of carbonyl (C=O) groups is 1. The molecule has 0 bridgehead atoms. The molecular weight excluding hydrogens is 234 g/mol. The fraction of sp³-hybridized carbons (Fsp3) is 0.125. The molecule has 1 rings (SSSR count). The van der Waals surface area contributed by atoms with E-state index < -0.39 is 22.9 Å². The van der Waals surface area contributed by atoms with E-state index in [9.17, 15) is 17.9 Å². The molecule has 7 heteroatoms. The van der Waals surface area contributed by atoms with Crippen LogP contribution in [0.4, 0.5) is 4.39 Å². The minimum Gasteiger partial charge on any atom is -0.768 e. The number of rotatable bonds is 2. The summed E-state index contributed by atoms with van der Waals surface area (Å²) in [7, 11) is 1.13. The molecule has 0 aromatic heterocycles. The van der Waals surface area contributed by atoms with Gasteiger partial charge in [-0.15, -0.1) is 0 Å². The van der Waals surface area contributed by atoms with Crippen LogP contribution in [-0.4, -0.2) is 21.8 Å². The molecule has 15 heavy (non-hydrogen) atoms. The number of esters is 1. The van der Waals surface area contributed by atoms with Crippen LogP contribution in [-0.2, 0) is 15.8 Å². The first-order valence-electron chi connectivity index (χ1n) is 3.52. The van der Waals surface area contributed by atoms with E-state index in [1.54, 1.807) is 0 Å². The van der Waals surface area contributed by atoms with E-state index >= 15 is 0 Å². The third-order valence-electron chi connectivity index (χ3n) is 1.48. The van der Waals surface area contributed by atoms with Crippen LogP contribution in [0.5, 0.6) is 0 Å². The molecule has 76 valence electrons. The van der Waals surface area contributed by atoms with Crippen LogP contribution >= 0.6 is 0 Å². The van der Waals surface area contributed by atoms with Crippen molar-refractivity contribution in [3.8, 4) is 0 Å². The number of benzene rings is 1. The zero-order valence-electron chi connectivity index (χ0n) is 8.15. The SMILES string of the molecule is COC(=O)c1cc(F)cc(S(=O)[O-])c1.[Na+]. The van der Waals surface area contributed by atoms with Crippen LogP contribution in [0.15, 0.2) is 23.1 Å². The normalized spacial score (nSPS) is 11.4. The summed E-state index contributed by atoms with van der Waals surface area (Å²) in [5, 5.41) is 0. The van der Waals surface area contributed by atoms with E-state index in [0.29, 0.717) is 0 Å². The summed E-state index contributed by atoms with van der Waals surface area (Å²) in [5.41, 5.74) is -0.133. The van der Waals surface area contributed by atoms with Crippen LogP contribution in [0.2, 0.25) is 0 Å². The summed E-state index contributed by atoms with van der Waals surface area (Å²) in [6.45, 7) is 0. The summed E-state index contributed by atoms with van der Waals surface area (Å²) < 4.78 is 38.1. The number of carbonyl (C=O) groups excluding carboxylic acids is 1. The minimum absolute atomic E-state index is 0.